The molecule has 10 atom stereocenters. The Balaban J connectivity index is 0.835. The first-order valence-corrected chi connectivity index (χ1v) is 29.3. The van der Waals surface area contributed by atoms with Crippen molar-refractivity contribution in [3.05, 3.63) is 107 Å². The minimum atomic E-state index is -1.14. The van der Waals surface area contributed by atoms with Crippen LogP contribution in [-0.4, -0.2) is 86.6 Å². The van der Waals surface area contributed by atoms with Crippen LogP contribution in [-0.2, 0) is 34.2 Å². The maximum atomic E-state index is 13.9. The number of methoxy groups -OCH3 is 2. The summed E-state index contributed by atoms with van der Waals surface area (Å²) in [5.74, 6) is 3.93. The van der Waals surface area contributed by atoms with Gasteiger partial charge in [-0.1, -0.05) is 120 Å². The number of hydrogen-bond acceptors (Lipinski definition) is 9. The number of carbonyl (C=O) groups is 4. The predicted octanol–water partition coefficient (Wildman–Crippen LogP) is 13.3. The number of carbonyl (C=O) groups excluding carboxylic acids is 3. The number of amides is 2. The lowest BCUT2D eigenvalue weighted by Gasteiger charge is -2.58. The first-order chi connectivity index (χ1) is 37.0. The number of aryl methyl sites for hydroxylation is 1. The number of esters is 1. The average molecular weight is 1060 g/mol. The lowest BCUT2D eigenvalue weighted by atomic mass is 9.47. The molecule has 420 valence electrons. The van der Waals surface area contributed by atoms with Crippen molar-refractivity contribution in [2.75, 3.05) is 40.5 Å². The van der Waals surface area contributed by atoms with E-state index in [0.717, 1.165) is 83.4 Å². The van der Waals surface area contributed by atoms with Crippen molar-refractivity contribution in [3.63, 3.8) is 0 Å². The molecule has 4 aliphatic carbocycles. The second kappa shape index (κ2) is 25.6. The molecule has 0 bridgehead atoms. The standard InChI is InChI=1S/C65H90N2O10/c1-43(2)15-14-17-44(3)54-30-31-56-53-29-24-49-39-52(34-36-63(49,5)57(53)35-37-64(54,56)6)76-62(72)66-38-13-9-10-19-59(68)67-40-46(58(41-67)77-61(71)33-32-60(69)70)42-75-65(55-18-12-11-16-45(55)4,47-20-25-50(73-7)26-21-47)48-22-27-51(74-8)28-23-48/h11-12,16,18,20-28,43-44,46,52-54,56-58H,9-10,13-15,17,19,29-42H2,1-8H3,(H,66,72)(H,69,70)/t44?,46?,52?,53?,54-,56?,57?,58?,63+,64-/m1/s1. The molecule has 5 aliphatic rings. The fraction of sp³-hybridized carbons (Fsp3) is 0.631. The Morgan fingerprint density at radius 2 is 1.47 bits per heavy atom. The normalized spacial score (nSPS) is 27.2. The first kappa shape index (κ1) is 57.8. The van der Waals surface area contributed by atoms with Gasteiger partial charge in [0.25, 0.3) is 0 Å². The van der Waals surface area contributed by atoms with Gasteiger partial charge in [0, 0.05) is 31.8 Å². The summed E-state index contributed by atoms with van der Waals surface area (Å²) in [6, 6.07) is 23.6. The van der Waals surface area contributed by atoms with Crippen LogP contribution in [0.4, 0.5) is 4.79 Å². The highest BCUT2D eigenvalue weighted by Crippen LogP contribution is 2.67. The van der Waals surface area contributed by atoms with Gasteiger partial charge < -0.3 is 39.0 Å². The molecule has 2 amide bonds. The van der Waals surface area contributed by atoms with Crippen LogP contribution in [0.1, 0.15) is 166 Å². The van der Waals surface area contributed by atoms with E-state index in [4.69, 9.17) is 23.7 Å². The van der Waals surface area contributed by atoms with Crippen LogP contribution in [0.5, 0.6) is 11.5 Å². The van der Waals surface area contributed by atoms with E-state index in [1.54, 1.807) is 19.1 Å². The van der Waals surface area contributed by atoms with E-state index in [1.165, 1.54) is 56.9 Å². The third-order valence-corrected chi connectivity index (χ3v) is 19.5. The van der Waals surface area contributed by atoms with Crippen LogP contribution in [0.2, 0.25) is 0 Å². The quantitative estimate of drug-likeness (QED) is 0.0384. The molecule has 12 nitrogen and oxygen atoms in total. The third kappa shape index (κ3) is 13.1. The number of fused-ring (bicyclic) bond motifs is 5. The molecule has 1 heterocycles. The zero-order valence-corrected chi connectivity index (χ0v) is 47.6. The van der Waals surface area contributed by atoms with Gasteiger partial charge in [0.05, 0.1) is 40.2 Å². The van der Waals surface area contributed by atoms with Gasteiger partial charge in [-0.25, -0.2) is 4.79 Å². The molecule has 77 heavy (non-hydrogen) atoms. The number of carboxylic acids is 1. The number of carboxylic acid groups (broad SMARTS) is 1. The van der Waals surface area contributed by atoms with Crippen LogP contribution in [0, 0.1) is 59.2 Å². The van der Waals surface area contributed by atoms with Crippen LogP contribution in [0.15, 0.2) is 84.4 Å². The average Bonchev–Trinajstić information content (AvgIpc) is 4.22. The third-order valence-electron chi connectivity index (χ3n) is 19.5. The van der Waals surface area contributed by atoms with E-state index in [-0.39, 0.29) is 56.1 Å². The highest BCUT2D eigenvalue weighted by molar-refractivity contribution is 5.78. The summed E-state index contributed by atoms with van der Waals surface area (Å²) >= 11 is 0. The van der Waals surface area contributed by atoms with Crippen LogP contribution in [0.3, 0.4) is 0 Å². The fourth-order valence-corrected chi connectivity index (χ4v) is 15.2. The van der Waals surface area contributed by atoms with Crippen LogP contribution < -0.4 is 14.8 Å². The number of ether oxygens (including phenoxy) is 5. The van der Waals surface area contributed by atoms with Crippen molar-refractivity contribution in [2.45, 2.75) is 169 Å². The zero-order chi connectivity index (χ0) is 54.9. The number of aliphatic carboxylic acids is 1. The molecular weight excluding hydrogens is 969 g/mol. The highest BCUT2D eigenvalue weighted by Gasteiger charge is 2.59. The zero-order valence-electron chi connectivity index (χ0n) is 47.6. The summed E-state index contributed by atoms with van der Waals surface area (Å²) in [4.78, 5) is 53.3. The second-order valence-corrected chi connectivity index (χ2v) is 24.5. The van der Waals surface area contributed by atoms with E-state index in [2.05, 4.69) is 46.0 Å². The molecule has 3 aromatic rings. The predicted molar refractivity (Wildman–Crippen MR) is 300 cm³/mol. The Morgan fingerprint density at radius 3 is 2.13 bits per heavy atom. The molecule has 3 aromatic carbocycles. The molecule has 8 rings (SSSR count). The minimum Gasteiger partial charge on any atom is -0.497 e. The largest absolute Gasteiger partial charge is 0.497 e. The van der Waals surface area contributed by atoms with Gasteiger partial charge in [0.1, 0.15) is 29.3 Å². The molecule has 4 fully saturated rings. The van der Waals surface area contributed by atoms with Gasteiger partial charge in [0.15, 0.2) is 0 Å². The monoisotopic (exact) mass is 1060 g/mol. The summed E-state index contributed by atoms with van der Waals surface area (Å²) in [5.41, 5.74) is 4.64. The molecule has 2 N–H and O–H groups in total. The molecule has 12 heteroatoms. The van der Waals surface area contributed by atoms with Gasteiger partial charge in [-0.3, -0.25) is 14.4 Å². The van der Waals surface area contributed by atoms with Crippen molar-refractivity contribution in [2.24, 2.45) is 52.3 Å². The minimum absolute atomic E-state index is 0.0635. The van der Waals surface area contributed by atoms with Gasteiger partial charge >= 0.3 is 18.0 Å². The Hall–Kier alpha value is -5.36. The molecule has 1 aliphatic heterocycles. The SMILES string of the molecule is COc1ccc(C(OCC2CN(C(=O)CCCCCNC(=O)OC3CC[C@@]4(C)C(=CCC5C4CC[C@@]4(C)C5CC[C@@H]4C(C)CCCC(C)C)C3)CC2OC(=O)CCC(=O)O)(c2ccc(OC)cc2)c2ccccc2C)cc1. The van der Waals surface area contributed by atoms with E-state index in [9.17, 15) is 24.3 Å². The molecule has 0 spiro atoms. The summed E-state index contributed by atoms with van der Waals surface area (Å²) < 4.78 is 30.4. The number of nitrogens with zero attached hydrogens (tertiary/aromatic N) is 1. The van der Waals surface area contributed by atoms with Crippen LogP contribution in [0.25, 0.3) is 0 Å². The number of nitrogens with one attached hydrogen (secondary N) is 1. The van der Waals surface area contributed by atoms with E-state index >= 15 is 0 Å². The number of alkyl carbamates (subject to hydrolysis) is 1. The van der Waals surface area contributed by atoms with Crippen molar-refractivity contribution in [1.82, 2.24) is 10.2 Å². The number of likely N-dealkylation sites (tertiary alicyclic amines) is 1. The highest BCUT2D eigenvalue weighted by atomic mass is 16.6. The van der Waals surface area contributed by atoms with Crippen LogP contribution >= 0.6 is 0 Å². The van der Waals surface area contributed by atoms with Gasteiger partial charge in [-0.05, 0) is 158 Å². The fourth-order valence-electron chi connectivity index (χ4n) is 15.2. The summed E-state index contributed by atoms with van der Waals surface area (Å²) in [6.07, 6.45) is 16.6. The molecule has 0 radical (unpaired) electrons. The lowest BCUT2D eigenvalue weighted by Crippen LogP contribution is -2.51. The van der Waals surface area contributed by atoms with E-state index < -0.39 is 29.6 Å². The number of unbranched alkanes of at least 4 members (excludes halogenated alkanes) is 2. The van der Waals surface area contributed by atoms with Crippen molar-refractivity contribution >= 4 is 23.9 Å². The van der Waals surface area contributed by atoms with E-state index in [1.807, 2.05) is 79.7 Å². The van der Waals surface area contributed by atoms with Crippen molar-refractivity contribution in [3.8, 4) is 11.5 Å². The lowest BCUT2D eigenvalue weighted by molar-refractivity contribution is -0.154. The number of allylic oxidation sites excluding steroid dienone is 1. The molecule has 1 saturated heterocycles. The maximum absolute atomic E-state index is 13.9. The molecule has 0 aromatic heterocycles. The van der Waals surface area contributed by atoms with E-state index in [0.29, 0.717) is 42.7 Å². The Bertz CT molecular complexity index is 2460. The number of benzene rings is 3. The smallest absolute Gasteiger partial charge is 0.407 e. The first-order valence-electron chi connectivity index (χ1n) is 29.3. The van der Waals surface area contributed by atoms with Crippen molar-refractivity contribution < 1.29 is 48.0 Å². The number of rotatable bonds is 24. The summed E-state index contributed by atoms with van der Waals surface area (Å²) in [6.45, 7) is 15.5. The molecule has 7 unspecified atom stereocenters. The van der Waals surface area contributed by atoms with Gasteiger partial charge in [0.2, 0.25) is 5.91 Å². The topological polar surface area (TPSA) is 150 Å². The van der Waals surface area contributed by atoms with Crippen molar-refractivity contribution in [1.29, 1.82) is 0 Å². The Labute approximate surface area is 459 Å². The second-order valence-electron chi connectivity index (χ2n) is 24.5. The summed E-state index contributed by atoms with van der Waals surface area (Å²) in [7, 11) is 3.25. The van der Waals surface area contributed by atoms with Gasteiger partial charge in [-0.15, -0.1) is 0 Å². The molecular formula is C65H90N2O10. The summed E-state index contributed by atoms with van der Waals surface area (Å²) in [5, 5.41) is 12.3. The molecule has 3 saturated carbocycles. The Morgan fingerprint density at radius 1 is 0.766 bits per heavy atom. The maximum Gasteiger partial charge on any atom is 0.407 e. The Kier molecular flexibility index (Phi) is 19.2. The number of hydrogen-bond donors (Lipinski definition) is 2. The van der Waals surface area contributed by atoms with Gasteiger partial charge in [-0.2, -0.15) is 0 Å².